The topological polar surface area (TPSA) is 133 Å². The van der Waals surface area contributed by atoms with Crippen molar-refractivity contribution in [3.8, 4) is 0 Å². The molecule has 0 bridgehead atoms. The van der Waals surface area contributed by atoms with Gasteiger partial charge in [-0.05, 0) is 36.6 Å². The minimum atomic E-state index is -1.38. The van der Waals surface area contributed by atoms with E-state index in [1.165, 1.54) is 19.2 Å². The normalized spacial score (nSPS) is 12.0. The lowest BCUT2D eigenvalue weighted by Crippen LogP contribution is -2.54. The number of benzene rings is 2. The van der Waals surface area contributed by atoms with Crippen molar-refractivity contribution in [2.75, 3.05) is 13.2 Å². The molecule has 11 heteroatoms. The first kappa shape index (κ1) is 30.9. The molecule has 2 N–H and O–H groups in total. The van der Waals surface area contributed by atoms with E-state index in [9.17, 15) is 23.6 Å². The highest BCUT2D eigenvalue weighted by atomic mass is 19.1. The van der Waals surface area contributed by atoms with Crippen molar-refractivity contribution in [1.29, 1.82) is 0 Å². The van der Waals surface area contributed by atoms with Gasteiger partial charge in [-0.25, -0.2) is 14.2 Å². The van der Waals surface area contributed by atoms with Crippen LogP contribution in [0.1, 0.15) is 41.4 Å². The van der Waals surface area contributed by atoms with E-state index < -0.39 is 47.4 Å². The Kier molecular flexibility index (Phi) is 12.4. The smallest absolute Gasteiger partial charge is 0.332 e. The summed E-state index contributed by atoms with van der Waals surface area (Å²) >= 11 is 0. The van der Waals surface area contributed by atoms with Gasteiger partial charge in [0, 0.05) is 19.2 Å². The molecule has 0 aliphatic heterocycles. The molecular weight excluding hydrogens is 533 g/mol. The Labute approximate surface area is 237 Å². The van der Waals surface area contributed by atoms with E-state index in [4.69, 9.17) is 14.2 Å². The van der Waals surface area contributed by atoms with Crippen LogP contribution in [0.3, 0.4) is 0 Å². The van der Waals surface area contributed by atoms with Crippen LogP contribution in [0.2, 0.25) is 0 Å². The summed E-state index contributed by atoms with van der Waals surface area (Å²) < 4.78 is 30.0. The molecule has 2 atom stereocenters. The fourth-order valence-corrected chi connectivity index (χ4v) is 3.66. The number of hydrogen-bond donors (Lipinski definition) is 2. The van der Waals surface area contributed by atoms with Gasteiger partial charge in [0.05, 0.1) is 6.61 Å². The molecule has 0 fully saturated rings. The van der Waals surface area contributed by atoms with Gasteiger partial charge >= 0.3 is 11.9 Å². The van der Waals surface area contributed by atoms with Crippen molar-refractivity contribution in [2.45, 2.75) is 45.1 Å². The molecule has 0 radical (unpaired) electrons. The van der Waals surface area contributed by atoms with Gasteiger partial charge in [0.1, 0.15) is 25.4 Å². The first-order chi connectivity index (χ1) is 19.8. The van der Waals surface area contributed by atoms with Gasteiger partial charge in [-0.2, -0.15) is 0 Å². The average molecular weight is 566 g/mol. The molecule has 0 aliphatic rings. The molecule has 3 aromatic rings. The van der Waals surface area contributed by atoms with Gasteiger partial charge in [-0.1, -0.05) is 60.7 Å². The number of aromatic nitrogens is 1. The second kappa shape index (κ2) is 16.5. The van der Waals surface area contributed by atoms with Gasteiger partial charge in [0.15, 0.2) is 11.5 Å². The Morgan fingerprint density at radius 3 is 2.20 bits per heavy atom. The Morgan fingerprint density at radius 2 is 1.54 bits per heavy atom. The molecule has 2 amide bonds. The van der Waals surface area contributed by atoms with Gasteiger partial charge < -0.3 is 24.8 Å². The van der Waals surface area contributed by atoms with E-state index in [1.807, 2.05) is 60.7 Å². The monoisotopic (exact) mass is 565 g/mol. The summed E-state index contributed by atoms with van der Waals surface area (Å²) in [5.41, 5.74) is 1.20. The van der Waals surface area contributed by atoms with Crippen molar-refractivity contribution in [3.63, 3.8) is 0 Å². The molecule has 3 rings (SSSR count). The third-order valence-electron chi connectivity index (χ3n) is 5.76. The summed E-state index contributed by atoms with van der Waals surface area (Å²) in [6.45, 7) is 1.42. The summed E-state index contributed by atoms with van der Waals surface area (Å²) in [5.74, 6) is -3.73. The van der Waals surface area contributed by atoms with E-state index in [0.717, 1.165) is 17.2 Å². The zero-order valence-electron chi connectivity index (χ0n) is 22.6. The molecule has 0 saturated carbocycles. The average Bonchev–Trinajstić information content (AvgIpc) is 2.98. The molecule has 1 heterocycles. The number of carbonyl (C=O) groups excluding carboxylic acids is 4. The van der Waals surface area contributed by atoms with Crippen molar-refractivity contribution >= 4 is 23.8 Å². The summed E-state index contributed by atoms with van der Waals surface area (Å²) in [6.07, 6.45) is 0.398. The summed E-state index contributed by atoms with van der Waals surface area (Å²) in [4.78, 5) is 53.8. The van der Waals surface area contributed by atoms with Gasteiger partial charge in [-0.15, -0.1) is 0 Å². The second-order valence-electron chi connectivity index (χ2n) is 9.00. The van der Waals surface area contributed by atoms with Crippen LogP contribution in [0.5, 0.6) is 0 Å². The number of ether oxygens (including phenoxy) is 3. The molecule has 216 valence electrons. The fraction of sp³-hybridized carbons (Fsp3) is 0.300. The Hall–Kier alpha value is -4.64. The predicted octanol–water partition coefficient (Wildman–Crippen LogP) is 3.11. The van der Waals surface area contributed by atoms with Crippen molar-refractivity contribution < 1.29 is 37.8 Å². The maximum absolute atomic E-state index is 14.1. The van der Waals surface area contributed by atoms with Crippen LogP contribution in [0.25, 0.3) is 0 Å². The van der Waals surface area contributed by atoms with Gasteiger partial charge in [-0.3, -0.25) is 14.4 Å². The molecule has 0 saturated heterocycles. The number of amides is 2. The SMILES string of the molecule is C[C@@H](OC(=O)COCc1ccccc1)[C@H](NC(=O)c1ncccc1F)C(=O)NCCCC(=O)OCc1ccccc1. The van der Waals surface area contributed by atoms with Crippen LogP contribution in [0.4, 0.5) is 4.39 Å². The number of esters is 2. The van der Waals surface area contributed by atoms with Crippen LogP contribution in [-0.4, -0.2) is 54.0 Å². The van der Waals surface area contributed by atoms with E-state index in [0.29, 0.717) is 0 Å². The quantitative estimate of drug-likeness (QED) is 0.212. The maximum Gasteiger partial charge on any atom is 0.332 e. The van der Waals surface area contributed by atoms with Crippen LogP contribution in [0.15, 0.2) is 79.0 Å². The third-order valence-corrected chi connectivity index (χ3v) is 5.76. The van der Waals surface area contributed by atoms with Gasteiger partial charge in [0.2, 0.25) is 5.91 Å². The Morgan fingerprint density at radius 1 is 0.878 bits per heavy atom. The molecule has 10 nitrogen and oxygen atoms in total. The number of rotatable bonds is 15. The lowest BCUT2D eigenvalue weighted by Gasteiger charge is -2.24. The number of hydrogen-bond acceptors (Lipinski definition) is 8. The largest absolute Gasteiger partial charge is 0.461 e. The van der Waals surface area contributed by atoms with Crippen LogP contribution < -0.4 is 10.6 Å². The molecule has 1 aromatic heterocycles. The Balaban J connectivity index is 1.52. The minimum absolute atomic E-state index is 0.0482. The zero-order chi connectivity index (χ0) is 29.5. The van der Waals surface area contributed by atoms with E-state index in [-0.39, 0.29) is 39.2 Å². The number of nitrogens with one attached hydrogen (secondary N) is 2. The lowest BCUT2D eigenvalue weighted by molar-refractivity contribution is -0.156. The molecule has 0 unspecified atom stereocenters. The second-order valence-corrected chi connectivity index (χ2v) is 9.00. The zero-order valence-corrected chi connectivity index (χ0v) is 22.6. The van der Waals surface area contributed by atoms with Gasteiger partial charge in [0.25, 0.3) is 5.91 Å². The summed E-state index contributed by atoms with van der Waals surface area (Å²) in [7, 11) is 0. The van der Waals surface area contributed by atoms with Crippen molar-refractivity contribution in [1.82, 2.24) is 15.6 Å². The van der Waals surface area contributed by atoms with E-state index >= 15 is 0 Å². The van der Waals surface area contributed by atoms with E-state index in [2.05, 4.69) is 15.6 Å². The third kappa shape index (κ3) is 10.8. The molecule has 0 spiro atoms. The number of carbonyl (C=O) groups is 4. The molecule has 0 aliphatic carbocycles. The summed E-state index contributed by atoms with van der Waals surface area (Å²) in [6, 6.07) is 19.4. The highest BCUT2D eigenvalue weighted by Gasteiger charge is 2.31. The lowest BCUT2D eigenvalue weighted by atomic mass is 10.1. The van der Waals surface area contributed by atoms with E-state index in [1.54, 1.807) is 0 Å². The fourth-order valence-electron chi connectivity index (χ4n) is 3.66. The first-order valence-electron chi connectivity index (χ1n) is 13.0. The van der Waals surface area contributed by atoms with Crippen molar-refractivity contribution in [3.05, 3.63) is 102 Å². The van der Waals surface area contributed by atoms with Crippen LogP contribution >= 0.6 is 0 Å². The molecule has 41 heavy (non-hydrogen) atoms. The number of nitrogens with zero attached hydrogens (tertiary/aromatic N) is 1. The molecular formula is C30H32FN3O7. The highest BCUT2D eigenvalue weighted by Crippen LogP contribution is 2.08. The van der Waals surface area contributed by atoms with Crippen molar-refractivity contribution in [2.24, 2.45) is 0 Å². The highest BCUT2D eigenvalue weighted by molar-refractivity contribution is 5.96. The van der Waals surface area contributed by atoms with Crippen LogP contribution in [0, 0.1) is 5.82 Å². The molecule has 2 aromatic carbocycles. The first-order valence-corrected chi connectivity index (χ1v) is 13.0. The Bertz CT molecular complexity index is 1290. The van der Waals surface area contributed by atoms with Crippen LogP contribution in [-0.2, 0) is 41.8 Å². The number of halogens is 1. The standard InChI is InChI=1S/C30H32FN3O7/c1-21(41-26(36)20-39-18-22-10-4-2-5-11-22)27(34-30(38)28-24(31)14-8-16-32-28)29(37)33-17-9-15-25(35)40-19-23-12-6-3-7-13-23/h2-8,10-14,16,21,27H,9,15,17-20H2,1H3,(H,33,37)(H,34,38)/t21-,27+/m1/s1. The minimum Gasteiger partial charge on any atom is -0.461 e. The number of pyridine rings is 1. The predicted molar refractivity (Wildman–Crippen MR) is 146 cm³/mol. The maximum atomic E-state index is 14.1. The summed E-state index contributed by atoms with van der Waals surface area (Å²) in [5, 5.41) is 4.99.